The predicted octanol–water partition coefficient (Wildman–Crippen LogP) is 2.19. The number of nitrogens with one attached hydrogen (secondary N) is 1. The molecule has 1 heterocycles. The Morgan fingerprint density at radius 1 is 1.46 bits per heavy atom. The van der Waals surface area contributed by atoms with Gasteiger partial charge in [0.05, 0.1) is 0 Å². The average molecular weight is 242 g/mol. The van der Waals surface area contributed by atoms with Crippen LogP contribution in [0.5, 0.6) is 5.75 Å². The SMILES string of the molecule is Brc1cccc(O[C@@H]2CCNC2)c1. The fourth-order valence-electron chi connectivity index (χ4n) is 1.46. The molecule has 0 aromatic heterocycles. The van der Waals surface area contributed by atoms with Gasteiger partial charge in [0.1, 0.15) is 11.9 Å². The van der Waals surface area contributed by atoms with E-state index in [1.807, 2.05) is 24.3 Å². The van der Waals surface area contributed by atoms with Gasteiger partial charge < -0.3 is 10.1 Å². The molecule has 0 unspecified atom stereocenters. The van der Waals surface area contributed by atoms with Gasteiger partial charge in [0, 0.05) is 11.0 Å². The first-order valence-electron chi connectivity index (χ1n) is 4.47. The van der Waals surface area contributed by atoms with Crippen LogP contribution in [0.1, 0.15) is 6.42 Å². The van der Waals surface area contributed by atoms with Crippen LogP contribution in [0, 0.1) is 0 Å². The number of hydrogen-bond acceptors (Lipinski definition) is 2. The van der Waals surface area contributed by atoms with Crippen LogP contribution in [0.4, 0.5) is 0 Å². The van der Waals surface area contributed by atoms with Crippen molar-refractivity contribution in [3.63, 3.8) is 0 Å². The van der Waals surface area contributed by atoms with Crippen molar-refractivity contribution >= 4 is 15.9 Å². The van der Waals surface area contributed by atoms with E-state index in [2.05, 4.69) is 21.2 Å². The Hall–Kier alpha value is -0.540. The minimum Gasteiger partial charge on any atom is -0.489 e. The minimum atomic E-state index is 0.342. The van der Waals surface area contributed by atoms with Crippen LogP contribution in [0.3, 0.4) is 0 Å². The maximum atomic E-state index is 5.76. The molecule has 70 valence electrons. The predicted molar refractivity (Wildman–Crippen MR) is 56.0 cm³/mol. The second-order valence-corrected chi connectivity index (χ2v) is 4.11. The summed E-state index contributed by atoms with van der Waals surface area (Å²) in [5.74, 6) is 0.947. The highest BCUT2D eigenvalue weighted by molar-refractivity contribution is 9.10. The van der Waals surface area contributed by atoms with E-state index in [-0.39, 0.29) is 0 Å². The number of hydrogen-bond donors (Lipinski definition) is 1. The van der Waals surface area contributed by atoms with E-state index < -0.39 is 0 Å². The number of ether oxygens (including phenoxy) is 1. The van der Waals surface area contributed by atoms with Gasteiger partial charge in [-0.1, -0.05) is 22.0 Å². The van der Waals surface area contributed by atoms with Crippen molar-refractivity contribution in [3.05, 3.63) is 28.7 Å². The third kappa shape index (κ3) is 2.45. The molecule has 2 rings (SSSR count). The summed E-state index contributed by atoms with van der Waals surface area (Å²) in [5, 5.41) is 3.27. The van der Waals surface area contributed by atoms with Crippen molar-refractivity contribution in [3.8, 4) is 5.75 Å². The van der Waals surface area contributed by atoms with Gasteiger partial charge in [-0.05, 0) is 31.2 Å². The Kier molecular flexibility index (Phi) is 2.86. The Morgan fingerprint density at radius 3 is 3.08 bits per heavy atom. The molecular weight excluding hydrogens is 230 g/mol. The van der Waals surface area contributed by atoms with Crippen molar-refractivity contribution in [2.45, 2.75) is 12.5 Å². The van der Waals surface area contributed by atoms with Crippen LogP contribution in [-0.4, -0.2) is 19.2 Å². The van der Waals surface area contributed by atoms with Gasteiger partial charge in [-0.25, -0.2) is 0 Å². The van der Waals surface area contributed by atoms with Gasteiger partial charge in [0.25, 0.3) is 0 Å². The van der Waals surface area contributed by atoms with E-state index in [4.69, 9.17) is 4.74 Å². The molecule has 1 aliphatic heterocycles. The summed E-state index contributed by atoms with van der Waals surface area (Å²) >= 11 is 3.42. The molecule has 0 radical (unpaired) electrons. The molecule has 0 saturated carbocycles. The molecule has 3 heteroatoms. The van der Waals surface area contributed by atoms with Crippen LogP contribution in [0.25, 0.3) is 0 Å². The van der Waals surface area contributed by atoms with Crippen LogP contribution in [0.2, 0.25) is 0 Å². The molecule has 0 spiro atoms. The van der Waals surface area contributed by atoms with Gasteiger partial charge in [-0.2, -0.15) is 0 Å². The lowest BCUT2D eigenvalue weighted by molar-refractivity contribution is 0.223. The number of halogens is 1. The molecule has 1 N–H and O–H groups in total. The summed E-state index contributed by atoms with van der Waals surface area (Å²) in [6.45, 7) is 2.03. The van der Waals surface area contributed by atoms with Crippen LogP contribution < -0.4 is 10.1 Å². The highest BCUT2D eigenvalue weighted by Gasteiger charge is 2.15. The fraction of sp³-hybridized carbons (Fsp3) is 0.400. The normalized spacial score (nSPS) is 21.8. The summed E-state index contributed by atoms with van der Waals surface area (Å²) in [7, 11) is 0. The third-order valence-electron chi connectivity index (χ3n) is 2.11. The first kappa shape index (κ1) is 9.03. The second-order valence-electron chi connectivity index (χ2n) is 3.19. The van der Waals surface area contributed by atoms with Crippen molar-refractivity contribution in [2.75, 3.05) is 13.1 Å². The van der Waals surface area contributed by atoms with Crippen molar-refractivity contribution < 1.29 is 4.74 Å². The zero-order valence-electron chi connectivity index (χ0n) is 7.29. The quantitative estimate of drug-likeness (QED) is 0.858. The molecule has 1 aliphatic rings. The Bertz CT molecular complexity index is 284. The zero-order valence-corrected chi connectivity index (χ0v) is 8.88. The summed E-state index contributed by atoms with van der Waals surface area (Å²) in [4.78, 5) is 0. The topological polar surface area (TPSA) is 21.3 Å². The highest BCUT2D eigenvalue weighted by Crippen LogP contribution is 2.20. The maximum absolute atomic E-state index is 5.76. The first-order valence-corrected chi connectivity index (χ1v) is 5.27. The van der Waals surface area contributed by atoms with Gasteiger partial charge >= 0.3 is 0 Å². The molecule has 13 heavy (non-hydrogen) atoms. The average Bonchev–Trinajstić information content (AvgIpc) is 2.57. The largest absolute Gasteiger partial charge is 0.489 e. The zero-order chi connectivity index (χ0) is 9.10. The Morgan fingerprint density at radius 2 is 2.38 bits per heavy atom. The van der Waals surface area contributed by atoms with Gasteiger partial charge in [-0.15, -0.1) is 0 Å². The van der Waals surface area contributed by atoms with Crippen LogP contribution in [-0.2, 0) is 0 Å². The maximum Gasteiger partial charge on any atom is 0.120 e. The molecular formula is C10H12BrNO. The van der Waals surface area contributed by atoms with Crippen molar-refractivity contribution in [2.24, 2.45) is 0 Å². The van der Waals surface area contributed by atoms with E-state index in [1.165, 1.54) is 0 Å². The fourth-order valence-corrected chi connectivity index (χ4v) is 1.84. The van der Waals surface area contributed by atoms with E-state index in [0.29, 0.717) is 6.10 Å². The Balaban J connectivity index is 2.00. The molecule has 0 aliphatic carbocycles. The second kappa shape index (κ2) is 4.11. The van der Waals surface area contributed by atoms with E-state index in [9.17, 15) is 0 Å². The standard InChI is InChI=1S/C10H12BrNO/c11-8-2-1-3-9(6-8)13-10-4-5-12-7-10/h1-3,6,10,12H,4-5,7H2/t10-/m1/s1. The van der Waals surface area contributed by atoms with Gasteiger partial charge in [0.15, 0.2) is 0 Å². The lowest BCUT2D eigenvalue weighted by Crippen LogP contribution is -2.19. The summed E-state index contributed by atoms with van der Waals surface area (Å²) in [5.41, 5.74) is 0. The molecule has 1 fully saturated rings. The highest BCUT2D eigenvalue weighted by atomic mass is 79.9. The Labute approximate surface area is 86.4 Å². The molecule has 2 nitrogen and oxygen atoms in total. The summed E-state index contributed by atoms with van der Waals surface area (Å²) < 4.78 is 6.83. The van der Waals surface area contributed by atoms with Crippen molar-refractivity contribution in [1.29, 1.82) is 0 Å². The molecule has 0 amide bonds. The summed E-state index contributed by atoms with van der Waals surface area (Å²) in [6, 6.07) is 7.98. The smallest absolute Gasteiger partial charge is 0.120 e. The van der Waals surface area contributed by atoms with Gasteiger partial charge in [0.2, 0.25) is 0 Å². The molecule has 1 aromatic rings. The van der Waals surface area contributed by atoms with E-state index in [0.717, 1.165) is 29.7 Å². The lowest BCUT2D eigenvalue weighted by Gasteiger charge is -2.12. The first-order chi connectivity index (χ1) is 6.34. The lowest BCUT2D eigenvalue weighted by atomic mass is 10.3. The molecule has 1 aromatic carbocycles. The van der Waals surface area contributed by atoms with Gasteiger partial charge in [-0.3, -0.25) is 0 Å². The van der Waals surface area contributed by atoms with Crippen LogP contribution >= 0.6 is 15.9 Å². The van der Waals surface area contributed by atoms with Crippen LogP contribution in [0.15, 0.2) is 28.7 Å². The van der Waals surface area contributed by atoms with E-state index >= 15 is 0 Å². The number of rotatable bonds is 2. The van der Waals surface area contributed by atoms with E-state index in [1.54, 1.807) is 0 Å². The minimum absolute atomic E-state index is 0.342. The monoisotopic (exact) mass is 241 g/mol. The molecule has 1 atom stereocenters. The van der Waals surface area contributed by atoms with Crippen molar-refractivity contribution in [1.82, 2.24) is 5.32 Å². The molecule has 0 bridgehead atoms. The number of benzene rings is 1. The summed E-state index contributed by atoms with van der Waals surface area (Å²) in [6.07, 6.45) is 1.45. The molecule has 1 saturated heterocycles. The third-order valence-corrected chi connectivity index (χ3v) is 2.61.